The van der Waals surface area contributed by atoms with E-state index in [9.17, 15) is 0 Å². The van der Waals surface area contributed by atoms with Crippen LogP contribution in [0.4, 0.5) is 0 Å². The lowest BCUT2D eigenvalue weighted by Gasteiger charge is -2.39. The van der Waals surface area contributed by atoms with Crippen LogP contribution in [0.1, 0.15) is 0 Å². The third-order valence-electron chi connectivity index (χ3n) is 7.00. The van der Waals surface area contributed by atoms with Crippen LogP contribution < -0.4 is 28.1 Å². The molecule has 0 heterocycles. The van der Waals surface area contributed by atoms with Gasteiger partial charge in [-0.15, -0.1) is 0 Å². The molecule has 6 aromatic carbocycles. The minimum absolute atomic E-state index is 0.390. The third kappa shape index (κ3) is 6.89. The van der Waals surface area contributed by atoms with Crippen molar-refractivity contribution < 1.29 is 17.7 Å². The number of rotatable bonds is 12. The van der Waals surface area contributed by atoms with Crippen molar-refractivity contribution in [3.8, 4) is 23.0 Å². The Kier molecular flexibility index (Phi) is 8.68. The van der Waals surface area contributed by atoms with Gasteiger partial charge in [-0.25, -0.2) is 0 Å². The Morgan fingerprint density at radius 1 is 0.279 bits per heavy atom. The molecule has 0 aliphatic carbocycles. The summed E-state index contributed by atoms with van der Waals surface area (Å²) in [5, 5.41) is 1.95. The Hall–Kier alpha value is -5.05. The predicted octanol–water partition coefficient (Wildman–Crippen LogP) is 7.54. The van der Waals surface area contributed by atoms with Crippen molar-refractivity contribution in [3.05, 3.63) is 182 Å². The molecule has 0 bridgehead atoms. The summed E-state index contributed by atoms with van der Waals surface area (Å²) in [5.41, 5.74) is 0.390. The van der Waals surface area contributed by atoms with Crippen LogP contribution in [0.25, 0.3) is 0 Å². The largest absolute Gasteiger partial charge is 0.509 e. The first kappa shape index (κ1) is 28.1. The van der Waals surface area contributed by atoms with Gasteiger partial charge < -0.3 is 17.7 Å². The molecule has 6 rings (SSSR count). The molecule has 0 aliphatic heterocycles. The summed E-state index contributed by atoms with van der Waals surface area (Å²) >= 11 is 0. The van der Waals surface area contributed by atoms with E-state index in [4.69, 9.17) is 17.7 Å². The lowest BCUT2D eigenvalue weighted by Crippen LogP contribution is -2.71. The van der Waals surface area contributed by atoms with Crippen molar-refractivity contribution in [3.63, 3.8) is 0 Å². The molecule has 0 aliphatic rings. The van der Waals surface area contributed by atoms with Crippen LogP contribution in [0.3, 0.4) is 0 Å². The van der Waals surface area contributed by atoms with Gasteiger partial charge in [0.15, 0.2) is 0 Å². The molecule has 6 heteroatoms. The Labute approximate surface area is 255 Å². The summed E-state index contributed by atoms with van der Waals surface area (Å²) in [7, 11) is -6.93. The molecule has 0 radical (unpaired) electrons. The molecule has 0 spiro atoms. The molecule has 0 N–H and O–H groups in total. The summed E-state index contributed by atoms with van der Waals surface area (Å²) in [6.07, 6.45) is 0. The predicted molar refractivity (Wildman–Crippen MR) is 177 cm³/mol. The molecule has 0 saturated heterocycles. The van der Waals surface area contributed by atoms with Crippen molar-refractivity contribution in [1.82, 2.24) is 0 Å². The normalized spacial score (nSPS) is 11.3. The molecule has 0 aromatic heterocycles. The monoisotopic (exact) mass is 596 g/mol. The number of hydrogen-bond donors (Lipinski definition) is 0. The van der Waals surface area contributed by atoms with Gasteiger partial charge in [-0.1, -0.05) is 133 Å². The van der Waals surface area contributed by atoms with Crippen LogP contribution in [0, 0.1) is 0 Å². The van der Waals surface area contributed by atoms with E-state index in [2.05, 4.69) is 24.3 Å². The standard InChI is InChI=1S/C37H32O4Si2/c1-7-19-32(20-8-1)38-42(36-27-15-5-16-28-36,39-33-21-9-2-10-22-33)31-43(37-29-17-6-18-30-37,40-34-23-11-3-12-24-34)41-35-25-13-4-14-26-35/h1-30H,31H2. The molecule has 0 amide bonds. The molecule has 4 nitrogen and oxygen atoms in total. The first-order valence-corrected chi connectivity index (χ1v) is 18.4. The molecule has 212 valence electrons. The SMILES string of the molecule is c1ccc(O[Si](C[Si](Oc2ccccc2)(Oc2ccccc2)c2ccccc2)(Oc2ccccc2)c2ccccc2)cc1. The zero-order valence-corrected chi connectivity index (χ0v) is 25.7. The zero-order valence-electron chi connectivity index (χ0n) is 23.7. The smallest absolute Gasteiger partial charge is 0.500 e. The fourth-order valence-electron chi connectivity index (χ4n) is 5.03. The number of para-hydroxylation sites is 4. The maximum atomic E-state index is 7.14. The second kappa shape index (κ2) is 13.3. The van der Waals surface area contributed by atoms with Crippen LogP contribution in [0.5, 0.6) is 23.0 Å². The average molecular weight is 597 g/mol. The van der Waals surface area contributed by atoms with Gasteiger partial charge in [-0.2, -0.15) is 0 Å². The highest BCUT2D eigenvalue weighted by Gasteiger charge is 2.60. The van der Waals surface area contributed by atoms with Crippen molar-refractivity contribution in [1.29, 1.82) is 0 Å². The highest BCUT2D eigenvalue weighted by molar-refractivity contribution is 6.99. The quantitative estimate of drug-likeness (QED) is 0.137. The van der Waals surface area contributed by atoms with Crippen LogP contribution in [0.15, 0.2) is 182 Å². The Morgan fingerprint density at radius 3 is 0.721 bits per heavy atom. The van der Waals surface area contributed by atoms with Gasteiger partial charge in [0, 0.05) is 10.4 Å². The molecule has 0 saturated carbocycles. The highest BCUT2D eigenvalue weighted by atomic mass is 28.4. The third-order valence-corrected chi connectivity index (χ3v) is 15.4. The molecular formula is C37H32O4Si2. The van der Waals surface area contributed by atoms with Crippen molar-refractivity contribution in [2.75, 3.05) is 0 Å². The van der Waals surface area contributed by atoms with Gasteiger partial charge in [-0.05, 0) is 48.5 Å². The van der Waals surface area contributed by atoms with Gasteiger partial charge in [0.1, 0.15) is 23.0 Å². The number of benzene rings is 6. The zero-order chi connectivity index (χ0) is 29.2. The summed E-state index contributed by atoms with van der Waals surface area (Å²) in [6, 6.07) is 60.0. The van der Waals surface area contributed by atoms with Crippen LogP contribution in [0.2, 0.25) is 5.67 Å². The second-order valence-corrected chi connectivity index (χ2v) is 16.5. The van der Waals surface area contributed by atoms with Gasteiger partial charge >= 0.3 is 17.1 Å². The molecule has 43 heavy (non-hydrogen) atoms. The summed E-state index contributed by atoms with van der Waals surface area (Å²) in [4.78, 5) is 0. The van der Waals surface area contributed by atoms with Crippen molar-refractivity contribution in [2.24, 2.45) is 0 Å². The van der Waals surface area contributed by atoms with E-state index >= 15 is 0 Å². The average Bonchev–Trinajstić information content (AvgIpc) is 3.07. The van der Waals surface area contributed by atoms with Gasteiger partial charge in [0.25, 0.3) is 0 Å². The second-order valence-electron chi connectivity index (χ2n) is 10.1. The van der Waals surface area contributed by atoms with E-state index < -0.39 is 17.1 Å². The Bertz CT molecular complexity index is 1460. The Balaban J connectivity index is 1.59. The van der Waals surface area contributed by atoms with Gasteiger partial charge in [0.05, 0.1) is 5.67 Å². The van der Waals surface area contributed by atoms with Gasteiger partial charge in [0.2, 0.25) is 0 Å². The van der Waals surface area contributed by atoms with Crippen LogP contribution in [-0.4, -0.2) is 17.1 Å². The fraction of sp³-hybridized carbons (Fsp3) is 0.0270. The van der Waals surface area contributed by atoms with E-state index in [1.807, 2.05) is 158 Å². The maximum Gasteiger partial charge on any atom is 0.500 e. The summed E-state index contributed by atoms with van der Waals surface area (Å²) in [5.74, 6) is 2.90. The van der Waals surface area contributed by atoms with E-state index in [0.29, 0.717) is 5.67 Å². The first-order valence-electron chi connectivity index (χ1n) is 14.3. The first-order chi connectivity index (χ1) is 21.2. The van der Waals surface area contributed by atoms with E-state index in [1.54, 1.807) is 0 Å². The fourth-order valence-corrected chi connectivity index (χ4v) is 14.3. The van der Waals surface area contributed by atoms with E-state index in [0.717, 1.165) is 33.4 Å². The minimum atomic E-state index is -3.47. The lowest BCUT2D eigenvalue weighted by molar-refractivity contribution is 0.374. The van der Waals surface area contributed by atoms with Gasteiger partial charge in [-0.3, -0.25) is 0 Å². The number of hydrogen-bond acceptors (Lipinski definition) is 4. The summed E-state index contributed by atoms with van der Waals surface area (Å²) in [6.45, 7) is 0. The van der Waals surface area contributed by atoms with E-state index in [-0.39, 0.29) is 0 Å². The van der Waals surface area contributed by atoms with Crippen LogP contribution in [-0.2, 0) is 0 Å². The van der Waals surface area contributed by atoms with E-state index in [1.165, 1.54) is 0 Å². The molecule has 6 aromatic rings. The minimum Gasteiger partial charge on any atom is -0.509 e. The summed E-state index contributed by atoms with van der Waals surface area (Å²) < 4.78 is 28.5. The molecule has 0 fully saturated rings. The van der Waals surface area contributed by atoms with Crippen LogP contribution >= 0.6 is 0 Å². The topological polar surface area (TPSA) is 36.9 Å². The maximum absolute atomic E-state index is 7.14. The van der Waals surface area contributed by atoms with Crippen molar-refractivity contribution >= 4 is 27.5 Å². The molecular weight excluding hydrogens is 565 g/mol. The highest BCUT2D eigenvalue weighted by Crippen LogP contribution is 2.31. The van der Waals surface area contributed by atoms with Crippen molar-refractivity contribution in [2.45, 2.75) is 5.67 Å². The Morgan fingerprint density at radius 2 is 0.488 bits per heavy atom. The lowest BCUT2D eigenvalue weighted by atomic mass is 10.3. The molecule has 0 unspecified atom stereocenters. The molecule has 0 atom stereocenters.